The van der Waals surface area contributed by atoms with Crippen LogP contribution in [0, 0.1) is 6.92 Å². The summed E-state index contributed by atoms with van der Waals surface area (Å²) in [6.07, 6.45) is 2.39. The summed E-state index contributed by atoms with van der Waals surface area (Å²) in [5, 5.41) is 6.81. The number of pyridine rings is 1. The molecule has 1 amide bonds. The lowest BCUT2D eigenvalue weighted by molar-refractivity contribution is -0.122. The number of carbonyl (C=O) groups excluding carboxylic acids is 1. The number of benzene rings is 1. The zero-order chi connectivity index (χ0) is 19.4. The molecule has 0 bridgehead atoms. The SMILES string of the molecule is CCC(C)NC(=O)Cn1cccc(-c2nc(-c3ccc(C)cc3)no2)c1=O. The van der Waals surface area contributed by atoms with Crippen molar-refractivity contribution in [3.05, 3.63) is 58.5 Å². The molecule has 2 aromatic heterocycles. The molecule has 0 aliphatic heterocycles. The van der Waals surface area contributed by atoms with Gasteiger partial charge in [0.1, 0.15) is 12.1 Å². The minimum Gasteiger partial charge on any atom is -0.352 e. The summed E-state index contributed by atoms with van der Waals surface area (Å²) in [7, 11) is 0. The fourth-order valence-electron chi connectivity index (χ4n) is 2.55. The summed E-state index contributed by atoms with van der Waals surface area (Å²) in [6.45, 7) is 5.84. The van der Waals surface area contributed by atoms with Gasteiger partial charge in [0, 0.05) is 17.8 Å². The fourth-order valence-corrected chi connectivity index (χ4v) is 2.55. The average molecular weight is 366 g/mol. The van der Waals surface area contributed by atoms with Gasteiger partial charge in [-0.15, -0.1) is 0 Å². The first-order valence-electron chi connectivity index (χ1n) is 8.88. The summed E-state index contributed by atoms with van der Waals surface area (Å²) < 4.78 is 6.62. The van der Waals surface area contributed by atoms with Crippen molar-refractivity contribution in [3.8, 4) is 22.8 Å². The largest absolute Gasteiger partial charge is 0.352 e. The van der Waals surface area contributed by atoms with Gasteiger partial charge in [0.2, 0.25) is 11.7 Å². The zero-order valence-electron chi connectivity index (χ0n) is 15.6. The van der Waals surface area contributed by atoms with Gasteiger partial charge in [0.05, 0.1) is 0 Å². The zero-order valence-corrected chi connectivity index (χ0v) is 15.6. The van der Waals surface area contributed by atoms with Crippen molar-refractivity contribution in [3.63, 3.8) is 0 Å². The molecular weight excluding hydrogens is 344 g/mol. The Morgan fingerprint density at radius 2 is 2.00 bits per heavy atom. The Labute approximate surface area is 157 Å². The molecule has 27 heavy (non-hydrogen) atoms. The number of rotatable bonds is 6. The summed E-state index contributed by atoms with van der Waals surface area (Å²) in [4.78, 5) is 29.1. The molecule has 7 heteroatoms. The van der Waals surface area contributed by atoms with E-state index in [0.717, 1.165) is 17.5 Å². The van der Waals surface area contributed by atoms with Crippen molar-refractivity contribution in [2.24, 2.45) is 0 Å². The first-order valence-corrected chi connectivity index (χ1v) is 8.88. The highest BCUT2D eigenvalue weighted by Crippen LogP contribution is 2.20. The molecule has 3 aromatic rings. The second kappa shape index (κ2) is 7.99. The van der Waals surface area contributed by atoms with E-state index in [1.807, 2.05) is 45.0 Å². The van der Waals surface area contributed by atoms with Gasteiger partial charge >= 0.3 is 0 Å². The number of hydrogen-bond acceptors (Lipinski definition) is 5. The van der Waals surface area contributed by atoms with E-state index >= 15 is 0 Å². The minimum absolute atomic E-state index is 0.0596. The fraction of sp³-hybridized carbons (Fsp3) is 0.300. The number of aryl methyl sites for hydroxylation is 1. The number of amides is 1. The Kier molecular flexibility index (Phi) is 5.49. The normalized spacial score (nSPS) is 12.0. The lowest BCUT2D eigenvalue weighted by atomic mass is 10.1. The molecule has 0 radical (unpaired) electrons. The standard InChI is InChI=1S/C20H22N4O3/c1-4-14(3)21-17(25)12-24-11-5-6-16(20(24)26)19-22-18(23-27-19)15-9-7-13(2)8-10-15/h5-11,14H,4,12H2,1-3H3,(H,21,25). The molecule has 1 aromatic carbocycles. The van der Waals surface area contributed by atoms with Crippen molar-refractivity contribution < 1.29 is 9.32 Å². The van der Waals surface area contributed by atoms with Crippen LogP contribution in [0.2, 0.25) is 0 Å². The third kappa shape index (κ3) is 4.31. The van der Waals surface area contributed by atoms with E-state index < -0.39 is 0 Å². The molecule has 0 spiro atoms. The highest BCUT2D eigenvalue weighted by Gasteiger charge is 2.16. The Morgan fingerprint density at radius 3 is 2.70 bits per heavy atom. The second-order valence-corrected chi connectivity index (χ2v) is 6.52. The lowest BCUT2D eigenvalue weighted by Crippen LogP contribution is -2.37. The average Bonchev–Trinajstić information content (AvgIpc) is 3.13. The van der Waals surface area contributed by atoms with E-state index in [2.05, 4.69) is 15.5 Å². The Hall–Kier alpha value is -3.22. The smallest absolute Gasteiger partial charge is 0.263 e. The maximum atomic E-state index is 12.7. The number of nitrogens with one attached hydrogen (secondary N) is 1. The Balaban J connectivity index is 1.85. The van der Waals surface area contributed by atoms with Crippen LogP contribution in [0.4, 0.5) is 0 Å². The van der Waals surface area contributed by atoms with Gasteiger partial charge in [0.25, 0.3) is 11.4 Å². The van der Waals surface area contributed by atoms with Crippen LogP contribution in [0.15, 0.2) is 51.9 Å². The highest BCUT2D eigenvalue weighted by molar-refractivity contribution is 5.76. The van der Waals surface area contributed by atoms with Crippen LogP contribution in [0.1, 0.15) is 25.8 Å². The van der Waals surface area contributed by atoms with Crippen molar-refractivity contribution in [1.82, 2.24) is 20.0 Å². The van der Waals surface area contributed by atoms with Gasteiger partial charge in [-0.25, -0.2) is 0 Å². The quantitative estimate of drug-likeness (QED) is 0.724. The number of nitrogens with zero attached hydrogens (tertiary/aromatic N) is 3. The topological polar surface area (TPSA) is 90.0 Å². The first-order chi connectivity index (χ1) is 13.0. The van der Waals surface area contributed by atoms with Gasteiger partial charge in [-0.3, -0.25) is 9.59 Å². The van der Waals surface area contributed by atoms with E-state index in [0.29, 0.717) is 5.82 Å². The molecule has 0 fully saturated rings. The summed E-state index contributed by atoms with van der Waals surface area (Å²) in [5.41, 5.74) is 1.85. The van der Waals surface area contributed by atoms with Crippen molar-refractivity contribution >= 4 is 5.91 Å². The minimum atomic E-state index is -0.351. The molecule has 7 nitrogen and oxygen atoms in total. The molecule has 0 aliphatic carbocycles. The van der Waals surface area contributed by atoms with E-state index in [9.17, 15) is 9.59 Å². The molecule has 0 saturated heterocycles. The van der Waals surface area contributed by atoms with E-state index in [-0.39, 0.29) is 35.5 Å². The molecular formula is C20H22N4O3. The van der Waals surface area contributed by atoms with Crippen LogP contribution in [-0.4, -0.2) is 26.7 Å². The van der Waals surface area contributed by atoms with Gasteiger partial charge in [-0.2, -0.15) is 4.98 Å². The first kappa shape index (κ1) is 18.6. The van der Waals surface area contributed by atoms with E-state index in [4.69, 9.17) is 4.52 Å². The van der Waals surface area contributed by atoms with Gasteiger partial charge in [-0.05, 0) is 32.4 Å². The summed E-state index contributed by atoms with van der Waals surface area (Å²) in [5.74, 6) is 0.330. The van der Waals surface area contributed by atoms with E-state index in [1.54, 1.807) is 18.3 Å². The molecule has 1 atom stereocenters. The van der Waals surface area contributed by atoms with Crippen molar-refractivity contribution in [1.29, 1.82) is 0 Å². The second-order valence-electron chi connectivity index (χ2n) is 6.52. The summed E-state index contributed by atoms with van der Waals surface area (Å²) >= 11 is 0. The number of carbonyl (C=O) groups is 1. The molecule has 1 N–H and O–H groups in total. The van der Waals surface area contributed by atoms with Crippen molar-refractivity contribution in [2.75, 3.05) is 0 Å². The molecule has 0 saturated carbocycles. The predicted octanol–water partition coefficient (Wildman–Crippen LogP) is 2.79. The van der Waals surface area contributed by atoms with Crippen LogP contribution in [-0.2, 0) is 11.3 Å². The Morgan fingerprint density at radius 1 is 1.26 bits per heavy atom. The lowest BCUT2D eigenvalue weighted by Gasteiger charge is -2.12. The Bertz CT molecular complexity index is 989. The monoisotopic (exact) mass is 366 g/mol. The highest BCUT2D eigenvalue weighted by atomic mass is 16.5. The van der Waals surface area contributed by atoms with Crippen LogP contribution in [0.5, 0.6) is 0 Å². The number of hydrogen-bond donors (Lipinski definition) is 1. The van der Waals surface area contributed by atoms with Gasteiger partial charge < -0.3 is 14.4 Å². The van der Waals surface area contributed by atoms with Crippen LogP contribution >= 0.6 is 0 Å². The number of aromatic nitrogens is 3. The maximum absolute atomic E-state index is 12.7. The van der Waals surface area contributed by atoms with Gasteiger partial charge in [0.15, 0.2) is 0 Å². The van der Waals surface area contributed by atoms with Crippen LogP contribution < -0.4 is 10.9 Å². The molecule has 1 unspecified atom stereocenters. The molecule has 2 heterocycles. The van der Waals surface area contributed by atoms with Crippen molar-refractivity contribution in [2.45, 2.75) is 39.8 Å². The van der Waals surface area contributed by atoms with Crippen LogP contribution in [0.25, 0.3) is 22.8 Å². The van der Waals surface area contributed by atoms with E-state index in [1.165, 1.54) is 4.57 Å². The summed E-state index contributed by atoms with van der Waals surface area (Å²) in [6, 6.07) is 11.1. The third-order valence-corrected chi connectivity index (χ3v) is 4.32. The van der Waals surface area contributed by atoms with Gasteiger partial charge in [-0.1, -0.05) is 41.9 Å². The van der Waals surface area contributed by atoms with Crippen LogP contribution in [0.3, 0.4) is 0 Å². The molecule has 0 aliphatic rings. The molecule has 3 rings (SSSR count). The predicted molar refractivity (Wildman–Crippen MR) is 102 cm³/mol. The molecule has 140 valence electrons. The third-order valence-electron chi connectivity index (χ3n) is 4.32. The maximum Gasteiger partial charge on any atom is 0.263 e.